The lowest BCUT2D eigenvalue weighted by Crippen LogP contribution is -2.06. The van der Waals surface area contributed by atoms with Crippen LogP contribution in [0.4, 0.5) is 5.69 Å². The van der Waals surface area contributed by atoms with Crippen molar-refractivity contribution in [2.45, 2.75) is 20.0 Å². The van der Waals surface area contributed by atoms with Gasteiger partial charge in [-0.1, -0.05) is 35.9 Å². The minimum Gasteiger partial charge on any atom is -0.490 e. The van der Waals surface area contributed by atoms with E-state index in [0.717, 1.165) is 16.9 Å². The van der Waals surface area contributed by atoms with E-state index in [1.165, 1.54) is 0 Å². The quantitative estimate of drug-likeness (QED) is 0.833. The van der Waals surface area contributed by atoms with Gasteiger partial charge in [0.25, 0.3) is 0 Å². The monoisotopic (exact) mass is 261 g/mol. The molecule has 0 saturated heterocycles. The molecule has 0 saturated carbocycles. The highest BCUT2D eigenvalue weighted by Crippen LogP contribution is 2.33. The third kappa shape index (κ3) is 2.77. The minimum atomic E-state index is 0.135. The number of ether oxygens (including phenoxy) is 1. The van der Waals surface area contributed by atoms with Gasteiger partial charge in [-0.15, -0.1) is 0 Å². The highest BCUT2D eigenvalue weighted by Gasteiger charge is 2.08. The summed E-state index contributed by atoms with van der Waals surface area (Å²) in [6, 6.07) is 13.5. The van der Waals surface area contributed by atoms with Gasteiger partial charge >= 0.3 is 0 Å². The molecular formula is C15H16ClNO. The first kappa shape index (κ1) is 12.8. The summed E-state index contributed by atoms with van der Waals surface area (Å²) in [6.07, 6.45) is 0.135. The Morgan fingerprint density at radius 1 is 1.11 bits per heavy atom. The lowest BCUT2D eigenvalue weighted by atomic mass is 10.0. The number of hydrogen-bond donors (Lipinski definition) is 1. The van der Waals surface area contributed by atoms with E-state index in [9.17, 15) is 0 Å². The summed E-state index contributed by atoms with van der Waals surface area (Å²) in [7, 11) is 0. The lowest BCUT2D eigenvalue weighted by molar-refractivity contribution is 0.243. The van der Waals surface area contributed by atoms with Crippen LogP contribution in [0.2, 0.25) is 5.02 Å². The molecule has 0 aliphatic rings. The number of hydrogen-bond acceptors (Lipinski definition) is 2. The van der Waals surface area contributed by atoms with Gasteiger partial charge in [-0.2, -0.15) is 0 Å². The van der Waals surface area contributed by atoms with E-state index >= 15 is 0 Å². The van der Waals surface area contributed by atoms with Crippen molar-refractivity contribution in [1.82, 2.24) is 0 Å². The Hall–Kier alpha value is -1.67. The summed E-state index contributed by atoms with van der Waals surface area (Å²) < 4.78 is 5.80. The van der Waals surface area contributed by atoms with E-state index in [1.807, 2.05) is 50.2 Å². The number of nitrogens with two attached hydrogens (primary N) is 1. The summed E-state index contributed by atoms with van der Waals surface area (Å²) in [4.78, 5) is 0. The average molecular weight is 262 g/mol. The molecule has 2 N–H and O–H groups in total. The summed E-state index contributed by atoms with van der Waals surface area (Å²) in [5, 5.41) is 0.570. The van der Waals surface area contributed by atoms with Crippen molar-refractivity contribution >= 4 is 17.3 Å². The molecule has 94 valence electrons. The molecule has 2 aromatic carbocycles. The fraction of sp³-hybridized carbons (Fsp3) is 0.200. The lowest BCUT2D eigenvalue weighted by Gasteiger charge is -2.14. The van der Waals surface area contributed by atoms with Crippen molar-refractivity contribution in [3.05, 3.63) is 47.5 Å². The zero-order chi connectivity index (χ0) is 13.1. The van der Waals surface area contributed by atoms with E-state index in [2.05, 4.69) is 0 Å². The van der Waals surface area contributed by atoms with Crippen LogP contribution >= 0.6 is 11.6 Å². The van der Waals surface area contributed by atoms with Gasteiger partial charge in [-0.3, -0.25) is 0 Å². The minimum absolute atomic E-state index is 0.135. The van der Waals surface area contributed by atoms with E-state index in [1.54, 1.807) is 6.07 Å². The van der Waals surface area contributed by atoms with Crippen molar-refractivity contribution < 1.29 is 4.74 Å². The Morgan fingerprint density at radius 3 is 2.50 bits per heavy atom. The Morgan fingerprint density at radius 2 is 1.83 bits per heavy atom. The van der Waals surface area contributed by atoms with Gasteiger partial charge in [0.05, 0.1) is 16.8 Å². The fourth-order valence-corrected chi connectivity index (χ4v) is 1.89. The van der Waals surface area contributed by atoms with Gasteiger partial charge in [0.1, 0.15) is 5.75 Å². The molecule has 0 unspecified atom stereocenters. The molecule has 2 nitrogen and oxygen atoms in total. The maximum absolute atomic E-state index is 5.94. The number of halogens is 1. The Labute approximate surface area is 112 Å². The van der Waals surface area contributed by atoms with Gasteiger partial charge in [-0.25, -0.2) is 0 Å². The molecular weight excluding hydrogens is 246 g/mol. The predicted octanol–water partition coefficient (Wildman–Crippen LogP) is 4.38. The van der Waals surface area contributed by atoms with Crippen LogP contribution in [0, 0.1) is 0 Å². The zero-order valence-corrected chi connectivity index (χ0v) is 11.2. The predicted molar refractivity (Wildman–Crippen MR) is 77.1 cm³/mol. The summed E-state index contributed by atoms with van der Waals surface area (Å²) in [5.74, 6) is 0.856. The summed E-state index contributed by atoms with van der Waals surface area (Å²) in [6.45, 7) is 4.01. The van der Waals surface area contributed by atoms with Crippen molar-refractivity contribution in [3.8, 4) is 16.9 Å². The Balaban J connectivity index is 2.46. The van der Waals surface area contributed by atoms with Gasteiger partial charge in [0.15, 0.2) is 0 Å². The van der Waals surface area contributed by atoms with Crippen LogP contribution in [0.3, 0.4) is 0 Å². The average Bonchev–Trinajstić information content (AvgIpc) is 2.33. The van der Waals surface area contributed by atoms with Gasteiger partial charge in [0, 0.05) is 5.56 Å². The number of nitrogen functional groups attached to an aromatic ring is 1. The molecule has 0 fully saturated rings. The first-order valence-electron chi connectivity index (χ1n) is 5.89. The molecule has 0 heterocycles. The SMILES string of the molecule is CC(C)Oc1ccccc1-c1ccc(Cl)c(N)c1. The van der Waals surface area contributed by atoms with Crippen LogP contribution in [-0.4, -0.2) is 6.10 Å². The van der Waals surface area contributed by atoms with Gasteiger partial charge < -0.3 is 10.5 Å². The molecule has 0 spiro atoms. The molecule has 0 radical (unpaired) electrons. The standard InChI is InChI=1S/C15H16ClNO/c1-10(2)18-15-6-4-3-5-12(15)11-7-8-13(16)14(17)9-11/h3-10H,17H2,1-2H3. The number of rotatable bonds is 3. The molecule has 0 atom stereocenters. The molecule has 2 aromatic rings. The molecule has 0 aliphatic heterocycles. The van der Waals surface area contributed by atoms with Crippen LogP contribution in [0.15, 0.2) is 42.5 Å². The van der Waals surface area contributed by atoms with Crippen LogP contribution in [-0.2, 0) is 0 Å². The van der Waals surface area contributed by atoms with Crippen LogP contribution < -0.4 is 10.5 Å². The second-order valence-corrected chi connectivity index (χ2v) is 4.81. The molecule has 0 aromatic heterocycles. The van der Waals surface area contributed by atoms with Crippen LogP contribution in [0.1, 0.15) is 13.8 Å². The first-order chi connectivity index (χ1) is 8.58. The molecule has 0 bridgehead atoms. The fourth-order valence-electron chi connectivity index (χ4n) is 1.77. The largest absolute Gasteiger partial charge is 0.490 e. The Bertz CT molecular complexity index is 552. The third-order valence-electron chi connectivity index (χ3n) is 2.56. The maximum Gasteiger partial charge on any atom is 0.127 e. The van der Waals surface area contributed by atoms with Crippen molar-refractivity contribution in [1.29, 1.82) is 0 Å². The first-order valence-corrected chi connectivity index (χ1v) is 6.27. The number of para-hydroxylation sites is 1. The molecule has 0 amide bonds. The normalized spacial score (nSPS) is 10.7. The number of benzene rings is 2. The van der Waals surface area contributed by atoms with E-state index in [4.69, 9.17) is 22.1 Å². The molecule has 18 heavy (non-hydrogen) atoms. The maximum atomic E-state index is 5.94. The van der Waals surface area contributed by atoms with E-state index in [-0.39, 0.29) is 6.10 Å². The van der Waals surface area contributed by atoms with Crippen LogP contribution in [0.5, 0.6) is 5.75 Å². The second-order valence-electron chi connectivity index (χ2n) is 4.40. The van der Waals surface area contributed by atoms with Crippen molar-refractivity contribution in [2.75, 3.05) is 5.73 Å². The van der Waals surface area contributed by atoms with Gasteiger partial charge in [0.2, 0.25) is 0 Å². The van der Waals surface area contributed by atoms with E-state index < -0.39 is 0 Å². The highest BCUT2D eigenvalue weighted by molar-refractivity contribution is 6.33. The van der Waals surface area contributed by atoms with Crippen molar-refractivity contribution in [2.24, 2.45) is 0 Å². The van der Waals surface area contributed by atoms with E-state index in [0.29, 0.717) is 10.7 Å². The second kappa shape index (κ2) is 5.32. The highest BCUT2D eigenvalue weighted by atomic mass is 35.5. The molecule has 3 heteroatoms. The third-order valence-corrected chi connectivity index (χ3v) is 2.90. The molecule has 2 rings (SSSR count). The van der Waals surface area contributed by atoms with Gasteiger partial charge in [-0.05, 0) is 37.6 Å². The summed E-state index contributed by atoms with van der Waals surface area (Å²) in [5.41, 5.74) is 8.44. The Kier molecular flexibility index (Phi) is 3.78. The zero-order valence-electron chi connectivity index (χ0n) is 10.5. The van der Waals surface area contributed by atoms with Crippen molar-refractivity contribution in [3.63, 3.8) is 0 Å². The topological polar surface area (TPSA) is 35.2 Å². The smallest absolute Gasteiger partial charge is 0.127 e. The summed E-state index contributed by atoms with van der Waals surface area (Å²) >= 11 is 5.94. The number of anilines is 1. The molecule has 0 aliphatic carbocycles. The van der Waals surface area contributed by atoms with Crippen LogP contribution in [0.25, 0.3) is 11.1 Å².